The molecule has 2 heterocycles. The molecule has 1 unspecified atom stereocenters. The second kappa shape index (κ2) is 8.26. The summed E-state index contributed by atoms with van der Waals surface area (Å²) in [6, 6.07) is 0.206. The number of aryl methyl sites for hydroxylation is 2. The van der Waals surface area contributed by atoms with E-state index >= 15 is 0 Å². The van der Waals surface area contributed by atoms with E-state index in [0.717, 1.165) is 43.5 Å². The van der Waals surface area contributed by atoms with E-state index in [4.69, 9.17) is 0 Å². The van der Waals surface area contributed by atoms with Gasteiger partial charge in [-0.05, 0) is 44.6 Å². The minimum absolute atomic E-state index is 0.206. The van der Waals surface area contributed by atoms with Gasteiger partial charge in [-0.1, -0.05) is 0 Å². The lowest BCUT2D eigenvalue weighted by Crippen LogP contribution is -2.41. The first-order valence-corrected chi connectivity index (χ1v) is 9.01. The van der Waals surface area contributed by atoms with Crippen molar-refractivity contribution in [2.45, 2.75) is 45.2 Å². The van der Waals surface area contributed by atoms with Crippen molar-refractivity contribution < 1.29 is 0 Å². The molecule has 2 N–H and O–H groups in total. The average molecular weight is 310 g/mol. The number of hydrogen-bond acceptors (Lipinski definition) is 4. The predicted octanol–water partition coefficient (Wildman–Crippen LogP) is 1.73. The summed E-state index contributed by atoms with van der Waals surface area (Å²) in [6.45, 7) is 3.87. The Balaban J connectivity index is 1.85. The maximum absolute atomic E-state index is 4.54. The van der Waals surface area contributed by atoms with Crippen molar-refractivity contribution >= 4 is 17.7 Å². The second-order valence-electron chi connectivity index (χ2n) is 5.28. The minimum atomic E-state index is 0.206. The van der Waals surface area contributed by atoms with Gasteiger partial charge in [0.25, 0.3) is 0 Å². The Bertz CT molecular complexity index is 470. The van der Waals surface area contributed by atoms with Crippen LogP contribution in [0, 0.1) is 6.92 Å². The molecule has 0 spiro atoms. The molecule has 1 aromatic rings. The summed E-state index contributed by atoms with van der Waals surface area (Å²) in [7, 11) is 1.82. The number of rotatable bonds is 6. The highest BCUT2D eigenvalue weighted by molar-refractivity contribution is 7.98. The third-order valence-corrected chi connectivity index (χ3v) is 4.28. The van der Waals surface area contributed by atoms with E-state index in [1.807, 2.05) is 30.4 Å². The zero-order valence-electron chi connectivity index (χ0n) is 13.2. The van der Waals surface area contributed by atoms with Crippen LogP contribution >= 0.6 is 11.8 Å². The van der Waals surface area contributed by atoms with Crippen LogP contribution in [0.2, 0.25) is 0 Å². The molecule has 6 nitrogen and oxygen atoms in total. The maximum atomic E-state index is 4.54. The van der Waals surface area contributed by atoms with Gasteiger partial charge in [0.2, 0.25) is 0 Å². The third kappa shape index (κ3) is 4.62. The van der Waals surface area contributed by atoms with E-state index in [1.165, 1.54) is 18.6 Å². The molecule has 0 saturated carbocycles. The lowest BCUT2D eigenvalue weighted by atomic mass is 10.1. The molecule has 7 heteroatoms. The number of aliphatic imine (C=N–C) groups is 1. The fraction of sp³-hybridized carbons (Fsp3) is 0.786. The van der Waals surface area contributed by atoms with Crippen LogP contribution in [0.4, 0.5) is 0 Å². The summed E-state index contributed by atoms with van der Waals surface area (Å²) in [5.41, 5.74) is 0. The van der Waals surface area contributed by atoms with Crippen molar-refractivity contribution in [1.29, 1.82) is 0 Å². The van der Waals surface area contributed by atoms with Crippen molar-refractivity contribution in [3.63, 3.8) is 0 Å². The van der Waals surface area contributed by atoms with Crippen molar-refractivity contribution in [1.82, 2.24) is 25.4 Å². The van der Waals surface area contributed by atoms with Gasteiger partial charge in [0.05, 0.1) is 6.04 Å². The summed E-state index contributed by atoms with van der Waals surface area (Å²) in [5.74, 6) is 3.96. The van der Waals surface area contributed by atoms with Gasteiger partial charge in [-0.2, -0.15) is 16.9 Å². The molecule has 0 bridgehead atoms. The van der Waals surface area contributed by atoms with E-state index in [1.54, 1.807) is 0 Å². The topological polar surface area (TPSA) is 67.1 Å². The second-order valence-corrected chi connectivity index (χ2v) is 6.26. The first-order chi connectivity index (χ1) is 10.2. The van der Waals surface area contributed by atoms with E-state index in [2.05, 4.69) is 32.0 Å². The normalized spacial score (nSPS) is 18.4. The zero-order valence-corrected chi connectivity index (χ0v) is 14.0. The Labute approximate surface area is 131 Å². The SMILES string of the molecule is CN=C(NCCCCSC)NC1CCCn2nc(C)nc21. The minimum Gasteiger partial charge on any atom is -0.356 e. The lowest BCUT2D eigenvalue weighted by Gasteiger charge is -2.25. The van der Waals surface area contributed by atoms with Crippen molar-refractivity contribution in [3.05, 3.63) is 11.6 Å². The van der Waals surface area contributed by atoms with Gasteiger partial charge in [-0.25, -0.2) is 9.67 Å². The molecule has 0 aliphatic carbocycles. The lowest BCUT2D eigenvalue weighted by molar-refractivity contribution is 0.397. The number of nitrogens with one attached hydrogen (secondary N) is 2. The molecular weight excluding hydrogens is 284 g/mol. The monoisotopic (exact) mass is 310 g/mol. The fourth-order valence-corrected chi connectivity index (χ4v) is 3.04. The molecule has 1 atom stereocenters. The molecule has 0 radical (unpaired) electrons. The Hall–Kier alpha value is -1.24. The fourth-order valence-electron chi connectivity index (χ4n) is 2.54. The van der Waals surface area contributed by atoms with Crippen LogP contribution in [0.1, 0.15) is 43.4 Å². The number of thioether (sulfide) groups is 1. The van der Waals surface area contributed by atoms with Crippen LogP contribution in [0.5, 0.6) is 0 Å². The van der Waals surface area contributed by atoms with E-state index < -0.39 is 0 Å². The number of fused-ring (bicyclic) bond motifs is 1. The van der Waals surface area contributed by atoms with Crippen LogP contribution in [0.15, 0.2) is 4.99 Å². The predicted molar refractivity (Wildman–Crippen MR) is 88.8 cm³/mol. The number of nitrogens with zero attached hydrogens (tertiary/aromatic N) is 4. The molecule has 0 aromatic carbocycles. The Morgan fingerprint density at radius 2 is 2.33 bits per heavy atom. The molecule has 0 amide bonds. The summed E-state index contributed by atoms with van der Waals surface area (Å²) >= 11 is 1.90. The first kappa shape index (κ1) is 16.1. The van der Waals surface area contributed by atoms with Crippen LogP contribution in [0.25, 0.3) is 0 Å². The zero-order chi connectivity index (χ0) is 15.1. The standard InChI is InChI=1S/C14H26N6S/c1-11-17-13-12(7-6-9-20(13)19-11)18-14(15-2)16-8-4-5-10-21-3/h12H,4-10H2,1-3H3,(H2,15,16,18). The van der Waals surface area contributed by atoms with Crippen molar-refractivity contribution in [2.75, 3.05) is 25.6 Å². The highest BCUT2D eigenvalue weighted by Crippen LogP contribution is 2.22. The van der Waals surface area contributed by atoms with E-state index in [-0.39, 0.29) is 6.04 Å². The molecule has 1 aliphatic heterocycles. The average Bonchev–Trinajstić information content (AvgIpc) is 2.87. The largest absolute Gasteiger partial charge is 0.356 e. The van der Waals surface area contributed by atoms with Gasteiger partial charge in [0.15, 0.2) is 5.96 Å². The van der Waals surface area contributed by atoms with Gasteiger partial charge >= 0.3 is 0 Å². The van der Waals surface area contributed by atoms with Gasteiger partial charge < -0.3 is 10.6 Å². The quantitative estimate of drug-likeness (QED) is 0.476. The Kier molecular flexibility index (Phi) is 6.35. The molecular formula is C14H26N6S. The van der Waals surface area contributed by atoms with Gasteiger partial charge in [0.1, 0.15) is 11.6 Å². The van der Waals surface area contributed by atoms with Crippen LogP contribution in [-0.2, 0) is 6.54 Å². The van der Waals surface area contributed by atoms with Gasteiger partial charge in [-0.3, -0.25) is 4.99 Å². The molecule has 0 saturated heterocycles. The summed E-state index contributed by atoms with van der Waals surface area (Å²) in [6.07, 6.45) is 6.75. The molecule has 0 fully saturated rings. The number of hydrogen-bond donors (Lipinski definition) is 2. The molecule has 118 valence electrons. The Morgan fingerprint density at radius 3 is 3.10 bits per heavy atom. The third-order valence-electron chi connectivity index (χ3n) is 3.58. The summed E-state index contributed by atoms with van der Waals surface area (Å²) in [5, 5.41) is 11.3. The Morgan fingerprint density at radius 1 is 1.48 bits per heavy atom. The highest BCUT2D eigenvalue weighted by atomic mass is 32.2. The van der Waals surface area contributed by atoms with E-state index in [0.29, 0.717) is 0 Å². The number of aromatic nitrogens is 3. The molecule has 1 aliphatic rings. The van der Waals surface area contributed by atoms with Crippen LogP contribution in [0.3, 0.4) is 0 Å². The van der Waals surface area contributed by atoms with Crippen LogP contribution < -0.4 is 10.6 Å². The van der Waals surface area contributed by atoms with Crippen molar-refractivity contribution in [2.24, 2.45) is 4.99 Å². The molecule has 1 aromatic heterocycles. The first-order valence-electron chi connectivity index (χ1n) is 7.62. The number of unbranched alkanes of at least 4 members (excludes halogenated alkanes) is 1. The number of guanidine groups is 1. The highest BCUT2D eigenvalue weighted by Gasteiger charge is 2.24. The maximum Gasteiger partial charge on any atom is 0.191 e. The van der Waals surface area contributed by atoms with Gasteiger partial charge in [0, 0.05) is 20.1 Å². The van der Waals surface area contributed by atoms with Gasteiger partial charge in [-0.15, -0.1) is 0 Å². The smallest absolute Gasteiger partial charge is 0.191 e. The molecule has 21 heavy (non-hydrogen) atoms. The van der Waals surface area contributed by atoms with Crippen molar-refractivity contribution in [3.8, 4) is 0 Å². The molecule has 2 rings (SSSR count). The van der Waals surface area contributed by atoms with Crippen LogP contribution in [-0.4, -0.2) is 46.3 Å². The summed E-state index contributed by atoms with van der Waals surface area (Å²) in [4.78, 5) is 8.86. The summed E-state index contributed by atoms with van der Waals surface area (Å²) < 4.78 is 2.02. The van der Waals surface area contributed by atoms with E-state index in [9.17, 15) is 0 Å².